The van der Waals surface area contributed by atoms with Crippen molar-refractivity contribution < 1.29 is 43.3 Å². The second-order valence-corrected chi connectivity index (χ2v) is 10.3. The maximum Gasteiger partial charge on any atom is 0.330 e. The van der Waals surface area contributed by atoms with E-state index in [9.17, 15) is 33.9 Å². The largest absolute Gasteiger partial charge is 0.467 e. The van der Waals surface area contributed by atoms with Crippen molar-refractivity contribution in [2.45, 2.75) is 38.7 Å². The van der Waals surface area contributed by atoms with E-state index in [1.54, 1.807) is 24.4 Å². The van der Waals surface area contributed by atoms with Crippen LogP contribution in [0.5, 0.6) is 0 Å². The zero-order valence-corrected chi connectivity index (χ0v) is 25.6. The SMILES string of the molecule is COC(=O)C(CO)NC(=O)CNC(=O)Cn1ncc2cc(COC(=O)C(C)NC(=O)CNC(=O)Cn3ncc4ccccc43)ccc21. The summed E-state index contributed by atoms with van der Waals surface area (Å²) in [6, 6.07) is 10.3. The van der Waals surface area contributed by atoms with Gasteiger partial charge >= 0.3 is 11.9 Å². The summed E-state index contributed by atoms with van der Waals surface area (Å²) in [4.78, 5) is 72.9. The molecule has 0 aliphatic heterocycles. The van der Waals surface area contributed by atoms with Crippen molar-refractivity contribution in [3.8, 4) is 0 Å². The van der Waals surface area contributed by atoms with Crippen molar-refractivity contribution >= 4 is 57.4 Å². The number of aliphatic hydroxyl groups excluding tert-OH is 1. The molecule has 4 amide bonds. The maximum absolute atomic E-state index is 12.5. The van der Waals surface area contributed by atoms with Crippen LogP contribution in [0.3, 0.4) is 0 Å². The Labute approximate surface area is 267 Å². The smallest absolute Gasteiger partial charge is 0.330 e. The van der Waals surface area contributed by atoms with Gasteiger partial charge in [-0.05, 0) is 30.7 Å². The Hall–Kier alpha value is -5.84. The van der Waals surface area contributed by atoms with Crippen molar-refractivity contribution in [1.82, 2.24) is 40.8 Å². The number of carbonyl (C=O) groups is 6. The molecule has 47 heavy (non-hydrogen) atoms. The number of esters is 2. The highest BCUT2D eigenvalue weighted by Gasteiger charge is 2.21. The first-order valence-corrected chi connectivity index (χ1v) is 14.4. The molecular weight excluding hydrogens is 616 g/mol. The van der Waals surface area contributed by atoms with E-state index in [0.29, 0.717) is 16.5 Å². The van der Waals surface area contributed by atoms with Gasteiger partial charge in [0.1, 0.15) is 25.7 Å². The molecule has 5 N–H and O–H groups in total. The Morgan fingerprint density at radius 3 is 2.02 bits per heavy atom. The van der Waals surface area contributed by atoms with Crippen LogP contribution in [0.4, 0.5) is 0 Å². The highest BCUT2D eigenvalue weighted by atomic mass is 16.5. The van der Waals surface area contributed by atoms with Gasteiger partial charge < -0.3 is 35.8 Å². The van der Waals surface area contributed by atoms with Crippen LogP contribution < -0.4 is 21.3 Å². The van der Waals surface area contributed by atoms with Crippen molar-refractivity contribution in [3.05, 3.63) is 60.4 Å². The predicted octanol–water partition coefficient (Wildman–Crippen LogP) is -1.48. The monoisotopic (exact) mass is 650 g/mol. The fraction of sp³-hybridized carbons (Fsp3) is 0.333. The number of hydrogen-bond donors (Lipinski definition) is 5. The number of methoxy groups -OCH3 is 1. The lowest BCUT2D eigenvalue weighted by atomic mass is 10.2. The first kappa shape index (κ1) is 34.0. The lowest BCUT2D eigenvalue weighted by Gasteiger charge is -2.14. The average Bonchev–Trinajstić information content (AvgIpc) is 3.67. The summed E-state index contributed by atoms with van der Waals surface area (Å²) in [7, 11) is 1.12. The molecule has 2 aromatic carbocycles. The number of nitrogens with one attached hydrogen (secondary N) is 4. The Bertz CT molecular complexity index is 1780. The molecule has 0 saturated heterocycles. The molecule has 2 unspecified atom stereocenters. The van der Waals surface area contributed by atoms with Crippen LogP contribution in [-0.4, -0.2) is 99.1 Å². The maximum atomic E-state index is 12.5. The third-order valence-electron chi connectivity index (χ3n) is 6.85. The number of benzene rings is 2. The van der Waals surface area contributed by atoms with Gasteiger partial charge in [-0.1, -0.05) is 24.3 Å². The fourth-order valence-electron chi connectivity index (χ4n) is 4.44. The molecule has 0 spiro atoms. The summed E-state index contributed by atoms with van der Waals surface area (Å²) < 4.78 is 12.7. The molecular formula is C30H34N8O9. The summed E-state index contributed by atoms with van der Waals surface area (Å²) in [6.45, 7) is -0.326. The second-order valence-electron chi connectivity index (χ2n) is 10.3. The lowest BCUT2D eigenvalue weighted by Crippen LogP contribution is -2.48. The molecule has 0 aliphatic rings. The van der Waals surface area contributed by atoms with E-state index in [4.69, 9.17) is 4.74 Å². The molecule has 0 aliphatic carbocycles. The molecule has 0 saturated carbocycles. The second kappa shape index (κ2) is 15.9. The minimum atomic E-state index is -1.24. The number of amides is 4. The standard InChI is InChI=1S/C30H34N8O9/c1-18(35-25(40)12-31-27(42)14-37-23-6-4-3-5-20(23)10-33-37)29(44)47-17-19-7-8-24-21(9-19)11-34-38(24)15-28(43)32-13-26(41)36-22(16-39)30(45)46-2/h3-11,18,22,39H,12-17H2,1-2H3,(H,31,42)(H,32,43)(H,35,40)(H,36,41). The van der Waals surface area contributed by atoms with Crippen molar-refractivity contribution in [2.24, 2.45) is 0 Å². The number of hydrogen-bond acceptors (Lipinski definition) is 11. The molecule has 248 valence electrons. The first-order valence-electron chi connectivity index (χ1n) is 14.4. The Kier molecular flexibility index (Phi) is 11.5. The van der Waals surface area contributed by atoms with Crippen molar-refractivity contribution in [2.75, 3.05) is 26.8 Å². The molecule has 17 heteroatoms. The van der Waals surface area contributed by atoms with Gasteiger partial charge in [-0.2, -0.15) is 10.2 Å². The molecule has 2 aromatic heterocycles. The number of nitrogens with zero attached hydrogens (tertiary/aromatic N) is 4. The molecule has 0 radical (unpaired) electrons. The van der Waals surface area contributed by atoms with Crippen LogP contribution >= 0.6 is 0 Å². The highest BCUT2D eigenvalue weighted by molar-refractivity contribution is 5.90. The zero-order chi connectivity index (χ0) is 33.9. The summed E-state index contributed by atoms with van der Waals surface area (Å²) >= 11 is 0. The van der Waals surface area contributed by atoms with Gasteiger partial charge in [0.05, 0.1) is 50.2 Å². The van der Waals surface area contributed by atoms with Gasteiger partial charge in [0.25, 0.3) is 0 Å². The number of fused-ring (bicyclic) bond motifs is 2. The van der Waals surface area contributed by atoms with Crippen LogP contribution in [0, 0.1) is 0 Å². The van der Waals surface area contributed by atoms with Gasteiger partial charge in [0, 0.05) is 10.8 Å². The number of para-hydroxylation sites is 1. The number of carbonyl (C=O) groups excluding carboxylic acids is 6. The quantitative estimate of drug-likeness (QED) is 0.0933. The van der Waals surface area contributed by atoms with Gasteiger partial charge in [0.2, 0.25) is 23.6 Å². The minimum Gasteiger partial charge on any atom is -0.467 e. The summed E-state index contributed by atoms with van der Waals surface area (Å²) in [6.07, 6.45) is 3.17. The predicted molar refractivity (Wildman–Crippen MR) is 164 cm³/mol. The lowest BCUT2D eigenvalue weighted by molar-refractivity contribution is -0.148. The zero-order valence-electron chi connectivity index (χ0n) is 25.6. The van der Waals surface area contributed by atoms with Gasteiger partial charge in [-0.25, -0.2) is 9.59 Å². The van der Waals surface area contributed by atoms with Gasteiger partial charge in [-0.15, -0.1) is 0 Å². The van der Waals surface area contributed by atoms with Gasteiger partial charge in [0.15, 0.2) is 6.04 Å². The number of ether oxygens (including phenoxy) is 2. The summed E-state index contributed by atoms with van der Waals surface area (Å²) in [5.74, 6) is -3.70. The third kappa shape index (κ3) is 9.33. The van der Waals surface area contributed by atoms with Crippen LogP contribution in [0.15, 0.2) is 54.9 Å². The van der Waals surface area contributed by atoms with E-state index >= 15 is 0 Å². The van der Waals surface area contributed by atoms with Crippen molar-refractivity contribution in [1.29, 1.82) is 0 Å². The van der Waals surface area contributed by atoms with Crippen molar-refractivity contribution in [3.63, 3.8) is 0 Å². The van der Waals surface area contributed by atoms with E-state index < -0.39 is 60.8 Å². The topological polar surface area (TPSA) is 225 Å². The van der Waals surface area contributed by atoms with Crippen LogP contribution in [0.25, 0.3) is 21.8 Å². The van der Waals surface area contributed by atoms with Gasteiger partial charge in [-0.3, -0.25) is 28.5 Å². The molecule has 0 bridgehead atoms. The molecule has 4 aromatic rings. The third-order valence-corrected chi connectivity index (χ3v) is 6.85. The Balaban J connectivity index is 1.18. The molecule has 17 nitrogen and oxygen atoms in total. The summed E-state index contributed by atoms with van der Waals surface area (Å²) in [5, 5.41) is 28.8. The fourth-order valence-corrected chi connectivity index (χ4v) is 4.44. The normalized spacial score (nSPS) is 12.1. The summed E-state index contributed by atoms with van der Waals surface area (Å²) in [5.41, 5.74) is 2.03. The molecule has 2 atom stereocenters. The minimum absolute atomic E-state index is 0.0697. The molecule has 2 heterocycles. The van der Waals surface area contributed by atoms with Crippen LogP contribution in [0.2, 0.25) is 0 Å². The average molecular weight is 651 g/mol. The molecule has 0 fully saturated rings. The van der Waals surface area contributed by atoms with E-state index in [0.717, 1.165) is 18.0 Å². The van der Waals surface area contributed by atoms with Crippen LogP contribution in [0.1, 0.15) is 12.5 Å². The number of rotatable bonds is 15. The number of aromatic nitrogens is 4. The number of aliphatic hydroxyl groups is 1. The highest BCUT2D eigenvalue weighted by Crippen LogP contribution is 2.17. The van der Waals surface area contributed by atoms with E-state index in [1.165, 1.54) is 22.5 Å². The first-order chi connectivity index (χ1) is 22.6. The van der Waals surface area contributed by atoms with E-state index in [1.807, 2.05) is 24.3 Å². The van der Waals surface area contributed by atoms with Crippen LogP contribution in [-0.2, 0) is 57.9 Å². The Morgan fingerprint density at radius 1 is 0.787 bits per heavy atom. The van der Waals surface area contributed by atoms with E-state index in [-0.39, 0.29) is 26.2 Å². The Morgan fingerprint density at radius 2 is 1.38 bits per heavy atom. The molecule has 4 rings (SSSR count). The van der Waals surface area contributed by atoms with E-state index in [2.05, 4.69) is 36.2 Å².